The number of aliphatic carboxylic acids is 1. The van der Waals surface area contributed by atoms with Crippen molar-refractivity contribution in [3.05, 3.63) is 18.2 Å². The summed E-state index contributed by atoms with van der Waals surface area (Å²) in [6.45, 7) is 3.21. The molecule has 0 aliphatic rings. The normalized spacial score (nSPS) is 11.2. The van der Waals surface area contributed by atoms with Gasteiger partial charge >= 0.3 is 5.97 Å². The van der Waals surface area contributed by atoms with Gasteiger partial charge in [0.15, 0.2) is 0 Å². The Bertz CT molecular complexity index is 385. The summed E-state index contributed by atoms with van der Waals surface area (Å²) in [5.74, 6) is -0.734. The third-order valence-electron chi connectivity index (χ3n) is 2.53. The monoisotopic (exact) mass is 239 g/mol. The number of imidazole rings is 1. The van der Waals surface area contributed by atoms with Gasteiger partial charge in [0.25, 0.3) is 0 Å². The molecule has 0 aromatic carbocycles. The van der Waals surface area contributed by atoms with Gasteiger partial charge < -0.3 is 15.4 Å². The summed E-state index contributed by atoms with van der Waals surface area (Å²) < 4.78 is 0. The number of carboxylic acids is 1. The van der Waals surface area contributed by atoms with Crippen LogP contribution < -0.4 is 5.32 Å². The molecule has 0 fully saturated rings. The summed E-state index contributed by atoms with van der Waals surface area (Å²) in [7, 11) is 0. The summed E-state index contributed by atoms with van der Waals surface area (Å²) >= 11 is 0. The Labute approximate surface area is 99.4 Å². The van der Waals surface area contributed by atoms with E-state index in [9.17, 15) is 9.59 Å². The minimum absolute atomic E-state index is 0.441. The molecule has 6 nitrogen and oxygen atoms in total. The molecule has 3 N–H and O–H groups in total. The fourth-order valence-corrected chi connectivity index (χ4v) is 1.21. The second-order valence-electron chi connectivity index (χ2n) is 4.33. The molecule has 1 aromatic rings. The molecular weight excluding hydrogens is 222 g/mol. The molecule has 0 saturated carbocycles. The van der Waals surface area contributed by atoms with Crippen LogP contribution in [0.25, 0.3) is 0 Å². The summed E-state index contributed by atoms with van der Waals surface area (Å²) in [5.41, 5.74) is -1.38. The van der Waals surface area contributed by atoms with E-state index >= 15 is 0 Å². The van der Waals surface area contributed by atoms with Gasteiger partial charge in [-0.05, 0) is 20.3 Å². The number of nitrogens with one attached hydrogen (secondary N) is 2. The van der Waals surface area contributed by atoms with Gasteiger partial charge in [0.2, 0.25) is 5.91 Å². The van der Waals surface area contributed by atoms with Crippen LogP contribution in [-0.2, 0) is 16.0 Å². The summed E-state index contributed by atoms with van der Waals surface area (Å²) in [6.07, 6.45) is 4.85. The van der Waals surface area contributed by atoms with Crippen molar-refractivity contribution in [2.45, 2.75) is 26.7 Å². The van der Waals surface area contributed by atoms with E-state index in [4.69, 9.17) is 5.11 Å². The van der Waals surface area contributed by atoms with E-state index in [1.54, 1.807) is 12.4 Å². The van der Waals surface area contributed by atoms with Gasteiger partial charge in [-0.1, -0.05) is 0 Å². The first kappa shape index (κ1) is 13.2. The van der Waals surface area contributed by atoms with E-state index in [-0.39, 0.29) is 0 Å². The van der Waals surface area contributed by atoms with Crippen molar-refractivity contribution < 1.29 is 14.7 Å². The van der Waals surface area contributed by atoms with E-state index in [2.05, 4.69) is 15.3 Å². The first-order valence-corrected chi connectivity index (χ1v) is 5.44. The second-order valence-corrected chi connectivity index (χ2v) is 4.33. The van der Waals surface area contributed by atoms with Crippen LogP contribution >= 0.6 is 0 Å². The maximum Gasteiger partial charge on any atom is 0.318 e. The number of carboxylic acid groups (broad SMARTS) is 1. The highest BCUT2D eigenvalue weighted by molar-refractivity contribution is 6.00. The molecule has 1 rings (SSSR count). The molecule has 1 amide bonds. The lowest BCUT2D eigenvalue weighted by Gasteiger charge is -2.18. The number of hydrogen-bond donors (Lipinski definition) is 3. The van der Waals surface area contributed by atoms with Gasteiger partial charge in [0.05, 0.1) is 0 Å². The van der Waals surface area contributed by atoms with Crippen molar-refractivity contribution in [3.8, 4) is 0 Å². The van der Waals surface area contributed by atoms with E-state index in [0.29, 0.717) is 6.54 Å². The van der Waals surface area contributed by atoms with Crippen molar-refractivity contribution in [2.75, 3.05) is 6.54 Å². The summed E-state index contributed by atoms with van der Waals surface area (Å²) in [4.78, 5) is 29.4. The lowest BCUT2D eigenvalue weighted by molar-refractivity contribution is -0.153. The highest BCUT2D eigenvalue weighted by Gasteiger charge is 2.35. The van der Waals surface area contributed by atoms with Gasteiger partial charge in [0, 0.05) is 25.4 Å². The van der Waals surface area contributed by atoms with Crippen molar-refractivity contribution in [1.29, 1.82) is 0 Å². The van der Waals surface area contributed by atoms with Gasteiger partial charge in [-0.3, -0.25) is 9.59 Å². The van der Waals surface area contributed by atoms with Crippen LogP contribution in [0.2, 0.25) is 0 Å². The van der Waals surface area contributed by atoms with Gasteiger partial charge in [0.1, 0.15) is 11.2 Å². The zero-order chi connectivity index (χ0) is 12.9. The Balaban J connectivity index is 2.27. The maximum absolute atomic E-state index is 11.6. The Morgan fingerprint density at radius 2 is 2.24 bits per heavy atom. The minimum Gasteiger partial charge on any atom is -0.480 e. The van der Waals surface area contributed by atoms with Gasteiger partial charge in [-0.15, -0.1) is 0 Å². The molecule has 1 aromatic heterocycles. The van der Waals surface area contributed by atoms with Gasteiger partial charge in [-0.2, -0.15) is 0 Å². The molecule has 0 aliphatic heterocycles. The Morgan fingerprint density at radius 3 is 2.76 bits per heavy atom. The number of nitrogens with zero attached hydrogens (tertiary/aromatic N) is 1. The average Bonchev–Trinajstić information content (AvgIpc) is 2.76. The predicted molar refractivity (Wildman–Crippen MR) is 61.3 cm³/mol. The first-order chi connectivity index (χ1) is 7.94. The van der Waals surface area contributed by atoms with Crippen LogP contribution in [-0.4, -0.2) is 33.5 Å². The lowest BCUT2D eigenvalue weighted by Crippen LogP contribution is -2.42. The molecule has 0 saturated heterocycles. The zero-order valence-corrected chi connectivity index (χ0v) is 9.99. The summed E-state index contributed by atoms with van der Waals surface area (Å²) in [6, 6.07) is 0. The number of carbonyl (C=O) groups excluding carboxylic acids is 1. The lowest BCUT2D eigenvalue weighted by atomic mass is 9.93. The van der Waals surface area contributed by atoms with E-state index in [1.165, 1.54) is 13.8 Å². The smallest absolute Gasteiger partial charge is 0.318 e. The number of aryl methyl sites for hydroxylation is 1. The molecule has 0 atom stereocenters. The van der Waals surface area contributed by atoms with Crippen molar-refractivity contribution in [3.63, 3.8) is 0 Å². The molecular formula is C11H17N3O3. The van der Waals surface area contributed by atoms with E-state index < -0.39 is 17.3 Å². The zero-order valence-electron chi connectivity index (χ0n) is 9.99. The largest absolute Gasteiger partial charge is 0.480 e. The SMILES string of the molecule is CC(C)(C(=O)O)C(=O)NCCCc1ncc[nH]1. The fraction of sp³-hybridized carbons (Fsp3) is 0.545. The molecule has 0 bridgehead atoms. The number of rotatable bonds is 6. The number of amides is 1. The molecule has 1 heterocycles. The van der Waals surface area contributed by atoms with E-state index in [0.717, 1.165) is 18.7 Å². The van der Waals surface area contributed by atoms with E-state index in [1.807, 2.05) is 0 Å². The second kappa shape index (κ2) is 5.47. The van der Waals surface area contributed by atoms with Crippen LogP contribution in [0.4, 0.5) is 0 Å². The van der Waals surface area contributed by atoms with Gasteiger partial charge in [-0.25, -0.2) is 4.98 Å². The van der Waals surface area contributed by atoms with Crippen LogP contribution in [0.3, 0.4) is 0 Å². The highest BCUT2D eigenvalue weighted by Crippen LogP contribution is 2.14. The standard InChI is InChI=1S/C11H17N3O3/c1-11(2,10(16)17)9(15)14-5-3-4-8-12-6-7-13-8/h6-7H,3-5H2,1-2H3,(H,12,13)(H,14,15)(H,16,17). The quantitative estimate of drug-likeness (QED) is 0.499. The summed E-state index contributed by atoms with van der Waals surface area (Å²) in [5, 5.41) is 11.4. The maximum atomic E-state index is 11.6. The third-order valence-corrected chi connectivity index (χ3v) is 2.53. The van der Waals surface area contributed by atoms with Crippen molar-refractivity contribution >= 4 is 11.9 Å². The first-order valence-electron chi connectivity index (χ1n) is 5.44. The molecule has 0 radical (unpaired) electrons. The Hall–Kier alpha value is -1.85. The van der Waals surface area contributed by atoms with Crippen LogP contribution in [0.15, 0.2) is 12.4 Å². The number of hydrogen-bond acceptors (Lipinski definition) is 3. The molecule has 0 unspecified atom stereocenters. The highest BCUT2D eigenvalue weighted by atomic mass is 16.4. The number of carbonyl (C=O) groups is 2. The fourth-order valence-electron chi connectivity index (χ4n) is 1.21. The Morgan fingerprint density at radius 1 is 1.53 bits per heavy atom. The molecule has 17 heavy (non-hydrogen) atoms. The Kier molecular flexibility index (Phi) is 4.25. The third kappa shape index (κ3) is 3.58. The number of aromatic nitrogens is 2. The van der Waals surface area contributed by atoms with Crippen LogP contribution in [0, 0.1) is 5.41 Å². The van der Waals surface area contributed by atoms with Crippen LogP contribution in [0.5, 0.6) is 0 Å². The molecule has 0 spiro atoms. The molecule has 0 aliphatic carbocycles. The number of H-pyrrole nitrogens is 1. The molecule has 6 heteroatoms. The predicted octanol–water partition coefficient (Wildman–Crippen LogP) is 0.569. The van der Waals surface area contributed by atoms with Crippen LogP contribution in [0.1, 0.15) is 26.1 Å². The minimum atomic E-state index is -1.38. The average molecular weight is 239 g/mol. The number of aromatic amines is 1. The molecule has 94 valence electrons. The topological polar surface area (TPSA) is 95.1 Å². The van der Waals surface area contributed by atoms with Crippen molar-refractivity contribution in [2.24, 2.45) is 5.41 Å². The van der Waals surface area contributed by atoms with Crippen molar-refractivity contribution in [1.82, 2.24) is 15.3 Å².